The summed E-state index contributed by atoms with van der Waals surface area (Å²) in [6.45, 7) is 2.73. The zero-order chi connectivity index (χ0) is 15.7. The maximum Gasteiger partial charge on any atom is 0.338 e. The summed E-state index contributed by atoms with van der Waals surface area (Å²) in [6.07, 6.45) is 0. The molecule has 0 unspecified atom stereocenters. The van der Waals surface area contributed by atoms with Crippen molar-refractivity contribution in [2.45, 2.75) is 6.92 Å². The van der Waals surface area contributed by atoms with Crippen LogP contribution < -0.4 is 15.8 Å². The van der Waals surface area contributed by atoms with E-state index in [1.807, 2.05) is 6.92 Å². The van der Waals surface area contributed by atoms with Crippen LogP contribution in [-0.4, -0.2) is 45.4 Å². The summed E-state index contributed by atoms with van der Waals surface area (Å²) in [5.74, 6) is -0.502. The van der Waals surface area contributed by atoms with E-state index in [4.69, 9.17) is 19.9 Å². The molecule has 0 atom stereocenters. The third kappa shape index (κ3) is 5.70. The largest absolute Gasteiger partial charge is 0.492 e. The molecule has 0 aromatic heterocycles. The maximum atomic E-state index is 11.8. The fraction of sp³-hybridized carbons (Fsp3) is 0.429. The van der Waals surface area contributed by atoms with Crippen molar-refractivity contribution in [3.05, 3.63) is 23.8 Å². The summed E-state index contributed by atoms with van der Waals surface area (Å²) in [4.78, 5) is 23.1. The molecule has 0 heterocycles. The zero-order valence-electron chi connectivity index (χ0n) is 12.2. The van der Waals surface area contributed by atoms with Crippen molar-refractivity contribution in [3.63, 3.8) is 0 Å². The number of nitrogens with one attached hydrogen (secondary N) is 1. The van der Waals surface area contributed by atoms with E-state index in [0.29, 0.717) is 31.2 Å². The number of esters is 1. The van der Waals surface area contributed by atoms with E-state index < -0.39 is 5.97 Å². The number of methoxy groups -OCH3 is 1. The van der Waals surface area contributed by atoms with E-state index in [1.165, 1.54) is 19.2 Å². The molecule has 0 spiro atoms. The van der Waals surface area contributed by atoms with Gasteiger partial charge in [-0.3, -0.25) is 4.79 Å². The average Bonchev–Trinajstić information content (AvgIpc) is 2.47. The Labute approximate surface area is 123 Å². The van der Waals surface area contributed by atoms with Crippen LogP contribution in [0.2, 0.25) is 0 Å². The van der Waals surface area contributed by atoms with Gasteiger partial charge in [0.1, 0.15) is 5.75 Å². The molecular weight excluding hydrogens is 276 g/mol. The van der Waals surface area contributed by atoms with Gasteiger partial charge in [-0.05, 0) is 25.1 Å². The highest BCUT2D eigenvalue weighted by atomic mass is 16.5. The van der Waals surface area contributed by atoms with Crippen molar-refractivity contribution in [2.75, 3.05) is 39.2 Å². The number of nitrogens with two attached hydrogens (primary N) is 1. The highest BCUT2D eigenvalue weighted by Crippen LogP contribution is 2.22. The van der Waals surface area contributed by atoms with Crippen LogP contribution in [0.3, 0.4) is 0 Å². The SMILES string of the molecule is CCOc1ccc(C(=O)OCC(=O)NCCOC)cc1N. The summed E-state index contributed by atoms with van der Waals surface area (Å²) in [6, 6.07) is 4.58. The first kappa shape index (κ1) is 16.8. The molecule has 0 saturated carbocycles. The van der Waals surface area contributed by atoms with Gasteiger partial charge in [-0.1, -0.05) is 0 Å². The molecule has 1 aromatic rings. The van der Waals surface area contributed by atoms with Crippen LogP contribution in [0.15, 0.2) is 18.2 Å². The Morgan fingerprint density at radius 3 is 2.71 bits per heavy atom. The number of carbonyl (C=O) groups is 2. The number of benzene rings is 1. The van der Waals surface area contributed by atoms with Gasteiger partial charge < -0.3 is 25.3 Å². The third-order valence-electron chi connectivity index (χ3n) is 2.51. The van der Waals surface area contributed by atoms with Gasteiger partial charge in [-0.25, -0.2) is 4.79 Å². The van der Waals surface area contributed by atoms with E-state index in [-0.39, 0.29) is 18.1 Å². The Kier molecular flexibility index (Phi) is 7.03. The van der Waals surface area contributed by atoms with Crippen LogP contribution in [0.4, 0.5) is 5.69 Å². The van der Waals surface area contributed by atoms with Crippen molar-refractivity contribution in [3.8, 4) is 5.75 Å². The molecule has 0 bridgehead atoms. The summed E-state index contributed by atoms with van der Waals surface area (Å²) in [7, 11) is 1.53. The molecule has 0 aliphatic heterocycles. The lowest BCUT2D eigenvalue weighted by molar-refractivity contribution is -0.124. The highest BCUT2D eigenvalue weighted by molar-refractivity contribution is 5.92. The Hall–Kier alpha value is -2.28. The highest BCUT2D eigenvalue weighted by Gasteiger charge is 2.12. The van der Waals surface area contributed by atoms with Gasteiger partial charge in [0.05, 0.1) is 24.5 Å². The number of hydrogen-bond donors (Lipinski definition) is 2. The Bertz CT molecular complexity index is 490. The quantitative estimate of drug-likeness (QED) is 0.414. The van der Waals surface area contributed by atoms with Crippen molar-refractivity contribution in [1.82, 2.24) is 5.32 Å². The molecule has 1 aromatic carbocycles. The predicted octanol–water partition coefficient (Wildman–Crippen LogP) is 0.587. The Morgan fingerprint density at radius 1 is 1.33 bits per heavy atom. The number of ether oxygens (including phenoxy) is 3. The minimum Gasteiger partial charge on any atom is -0.492 e. The molecule has 0 aliphatic carbocycles. The van der Waals surface area contributed by atoms with E-state index >= 15 is 0 Å². The van der Waals surface area contributed by atoms with Crippen LogP contribution in [0.25, 0.3) is 0 Å². The zero-order valence-corrected chi connectivity index (χ0v) is 12.2. The maximum absolute atomic E-state index is 11.8. The van der Waals surface area contributed by atoms with Crippen molar-refractivity contribution in [2.24, 2.45) is 0 Å². The van der Waals surface area contributed by atoms with E-state index in [9.17, 15) is 9.59 Å². The van der Waals surface area contributed by atoms with Gasteiger partial charge in [0.2, 0.25) is 0 Å². The lowest BCUT2D eigenvalue weighted by atomic mass is 10.2. The first-order chi connectivity index (χ1) is 10.1. The lowest BCUT2D eigenvalue weighted by Gasteiger charge is -2.09. The van der Waals surface area contributed by atoms with Crippen LogP contribution in [-0.2, 0) is 14.3 Å². The summed E-state index contributed by atoms with van der Waals surface area (Å²) in [5, 5.41) is 2.54. The number of anilines is 1. The standard InChI is InChI=1S/C14H20N2O5/c1-3-20-12-5-4-10(8-11(12)15)14(18)21-9-13(17)16-6-7-19-2/h4-5,8H,3,6-7,9,15H2,1-2H3,(H,16,17). The van der Waals surface area contributed by atoms with Gasteiger partial charge in [-0.15, -0.1) is 0 Å². The second-order valence-corrected chi connectivity index (χ2v) is 4.10. The molecule has 7 heteroatoms. The molecule has 0 saturated heterocycles. The van der Waals surface area contributed by atoms with Crippen LogP contribution in [0.1, 0.15) is 17.3 Å². The van der Waals surface area contributed by atoms with E-state index in [0.717, 1.165) is 0 Å². The number of carbonyl (C=O) groups excluding carboxylic acids is 2. The Morgan fingerprint density at radius 2 is 2.10 bits per heavy atom. The van der Waals surface area contributed by atoms with Gasteiger partial charge in [-0.2, -0.15) is 0 Å². The van der Waals surface area contributed by atoms with Gasteiger partial charge in [0.15, 0.2) is 6.61 Å². The molecule has 0 radical (unpaired) electrons. The number of rotatable bonds is 8. The Balaban J connectivity index is 2.48. The first-order valence-electron chi connectivity index (χ1n) is 6.53. The molecule has 116 valence electrons. The third-order valence-corrected chi connectivity index (χ3v) is 2.51. The molecule has 0 fully saturated rings. The first-order valence-corrected chi connectivity index (χ1v) is 6.53. The normalized spacial score (nSPS) is 10.0. The predicted molar refractivity (Wildman–Crippen MR) is 77.2 cm³/mol. The second-order valence-electron chi connectivity index (χ2n) is 4.10. The van der Waals surface area contributed by atoms with Gasteiger partial charge in [0.25, 0.3) is 5.91 Å². The minimum absolute atomic E-state index is 0.264. The smallest absolute Gasteiger partial charge is 0.338 e. The summed E-state index contributed by atoms with van der Waals surface area (Å²) in [5.41, 5.74) is 6.36. The van der Waals surface area contributed by atoms with Crippen LogP contribution >= 0.6 is 0 Å². The van der Waals surface area contributed by atoms with Crippen LogP contribution in [0, 0.1) is 0 Å². The van der Waals surface area contributed by atoms with Gasteiger partial charge >= 0.3 is 5.97 Å². The van der Waals surface area contributed by atoms with E-state index in [1.54, 1.807) is 6.07 Å². The van der Waals surface area contributed by atoms with Crippen molar-refractivity contribution < 1.29 is 23.8 Å². The minimum atomic E-state index is -0.619. The van der Waals surface area contributed by atoms with E-state index in [2.05, 4.69) is 5.32 Å². The summed E-state index contributed by atoms with van der Waals surface area (Å²) >= 11 is 0. The molecule has 1 amide bonds. The topological polar surface area (TPSA) is 99.9 Å². The fourth-order valence-electron chi connectivity index (χ4n) is 1.52. The molecule has 1 rings (SSSR count). The second kappa shape index (κ2) is 8.80. The lowest BCUT2D eigenvalue weighted by Crippen LogP contribution is -2.31. The van der Waals surface area contributed by atoms with Gasteiger partial charge in [0, 0.05) is 13.7 Å². The molecular formula is C14H20N2O5. The fourth-order valence-corrected chi connectivity index (χ4v) is 1.52. The average molecular weight is 296 g/mol. The van der Waals surface area contributed by atoms with Crippen molar-refractivity contribution >= 4 is 17.6 Å². The molecule has 21 heavy (non-hydrogen) atoms. The number of amides is 1. The summed E-state index contributed by atoms with van der Waals surface area (Å²) < 4.78 is 14.9. The molecule has 0 aliphatic rings. The number of nitrogen functional groups attached to an aromatic ring is 1. The number of hydrogen-bond acceptors (Lipinski definition) is 6. The van der Waals surface area contributed by atoms with Crippen LogP contribution in [0.5, 0.6) is 5.75 Å². The monoisotopic (exact) mass is 296 g/mol. The molecule has 3 N–H and O–H groups in total. The van der Waals surface area contributed by atoms with Crippen molar-refractivity contribution in [1.29, 1.82) is 0 Å². The molecule has 7 nitrogen and oxygen atoms in total.